The number of aliphatic hydroxyl groups is 12. The molecule has 0 bridgehead atoms. The van der Waals surface area contributed by atoms with Crippen LogP contribution >= 0.6 is 0 Å². The fourth-order valence-electron chi connectivity index (χ4n) is 12.9. The molecular formula is C75H135N13O32. The number of carbonyl (C=O) groups is 11. The van der Waals surface area contributed by atoms with Crippen LogP contribution in [-0.4, -0.2) is 408 Å². The van der Waals surface area contributed by atoms with Gasteiger partial charge in [-0.3, -0.25) is 67.9 Å². The minimum Gasteiger partial charge on any atom is -0.481 e. The van der Waals surface area contributed by atoms with Gasteiger partial charge in [-0.2, -0.15) is 0 Å². The Morgan fingerprint density at radius 2 is 0.550 bits per heavy atom. The highest BCUT2D eigenvalue weighted by atomic mass is 16.7. The summed E-state index contributed by atoms with van der Waals surface area (Å²) in [4.78, 5) is 145. The number of hydrogen-bond acceptors (Lipinski definition) is 34. The van der Waals surface area contributed by atoms with Gasteiger partial charge in [0.15, 0.2) is 25.2 Å². The maximum Gasteiger partial charge on any atom is 0.303 e. The van der Waals surface area contributed by atoms with E-state index >= 15 is 0 Å². The molecule has 0 spiro atoms. The molecule has 24 N–H and O–H groups in total. The summed E-state index contributed by atoms with van der Waals surface area (Å²) >= 11 is 0. The standard InChI is InChI=1S/C75H135N13O32/c1-44-59(100)63(104)67(108)72(117-44)113-33-29-83-50(90)21-10-6-14-26-81-54(94)40-87(41-55(95)82-27-17-8-16-24-79-52(92)38-76-37-51(91)78-23-15-7-11-22-58(98)99)39-53(93)80-25-13-5-9-20-49(89)77-28-18-12-19-48(71(112)86-32-36-116-75-70(111)66(107)62(103)47(4)120-75)88(42-56(96)84-30-34-114-73-68(109)64(105)60(101)45(2)118-73)43-57(97)85-31-35-115-74-69(110)65(106)61(102)46(3)119-74/h44-48,59-70,72-76,100-111H,5-43H2,1-4H3,(H,77,89)(H,78,91)(H,79,92)(H,80,93)(H,81,94)(H,82,95)(H,83,90)(H,84,96)(H,85,97)(H,86,112)(H,98,99)/t44-,45-,46-,47-,48?,59+,60+,61+,62+,63+,64+,65+,66+,67-,68-,69-,70-,72+,73+,74+,75+/m0/s1. The summed E-state index contributed by atoms with van der Waals surface area (Å²) in [5.41, 5.74) is 0. The summed E-state index contributed by atoms with van der Waals surface area (Å²) in [7, 11) is 0. The van der Waals surface area contributed by atoms with Crippen LogP contribution in [0.4, 0.5) is 0 Å². The van der Waals surface area contributed by atoms with Gasteiger partial charge < -0.3 is 157 Å². The Kier molecular flexibility index (Phi) is 52.1. The van der Waals surface area contributed by atoms with Crippen molar-refractivity contribution in [3.8, 4) is 0 Å². The maximum absolute atomic E-state index is 14.3. The van der Waals surface area contributed by atoms with E-state index in [4.69, 9.17) is 43.0 Å². The molecule has 1 unspecified atom stereocenters. The number of carbonyl (C=O) groups excluding carboxylic acids is 10. The zero-order chi connectivity index (χ0) is 88.6. The number of unbranched alkanes of at least 4 members (excludes halogenated alkanes) is 9. The second kappa shape index (κ2) is 59.2. The summed E-state index contributed by atoms with van der Waals surface area (Å²) in [6.07, 6.45) is -19.7. The van der Waals surface area contributed by atoms with Gasteiger partial charge in [0.2, 0.25) is 59.1 Å². The minimum absolute atomic E-state index is 0.0151. The van der Waals surface area contributed by atoms with Crippen molar-refractivity contribution in [2.24, 2.45) is 0 Å². The summed E-state index contributed by atoms with van der Waals surface area (Å²) in [6, 6.07) is -1.25. The van der Waals surface area contributed by atoms with Crippen molar-refractivity contribution >= 4 is 65.0 Å². The molecule has 0 aromatic heterocycles. The molecule has 0 radical (unpaired) electrons. The fraction of sp³-hybridized carbons (Fsp3) is 0.853. The zero-order valence-corrected chi connectivity index (χ0v) is 69.2. The molecule has 692 valence electrons. The number of nitrogens with one attached hydrogen (secondary N) is 11. The van der Waals surface area contributed by atoms with Crippen LogP contribution in [0.2, 0.25) is 0 Å². The monoisotopic (exact) mass is 1730 g/mol. The van der Waals surface area contributed by atoms with E-state index < -0.39 is 183 Å². The second-order valence-electron chi connectivity index (χ2n) is 30.2. The van der Waals surface area contributed by atoms with Gasteiger partial charge in [0.1, 0.15) is 73.2 Å². The lowest BCUT2D eigenvalue weighted by molar-refractivity contribution is -0.292. The lowest BCUT2D eigenvalue weighted by Crippen LogP contribution is -2.58. The third kappa shape index (κ3) is 41.6. The van der Waals surface area contributed by atoms with E-state index in [1.54, 1.807) is 0 Å². The second-order valence-corrected chi connectivity index (χ2v) is 30.2. The molecule has 4 rings (SSSR count). The summed E-state index contributed by atoms with van der Waals surface area (Å²) < 4.78 is 44.0. The molecule has 4 fully saturated rings. The minimum atomic E-state index is -1.65. The quantitative estimate of drug-likeness (QED) is 0.0251. The number of rotatable bonds is 61. The van der Waals surface area contributed by atoms with E-state index in [-0.39, 0.29) is 167 Å². The number of carboxylic acids is 1. The van der Waals surface area contributed by atoms with E-state index in [2.05, 4.69) is 58.5 Å². The van der Waals surface area contributed by atoms with E-state index in [0.717, 1.165) is 0 Å². The van der Waals surface area contributed by atoms with E-state index in [1.165, 1.54) is 37.5 Å². The van der Waals surface area contributed by atoms with E-state index in [9.17, 15) is 114 Å². The largest absolute Gasteiger partial charge is 0.481 e. The fourth-order valence-corrected chi connectivity index (χ4v) is 12.9. The van der Waals surface area contributed by atoms with Gasteiger partial charge in [-0.25, -0.2) is 0 Å². The van der Waals surface area contributed by atoms with Crippen molar-refractivity contribution < 1.29 is 157 Å². The Labute approximate surface area is 697 Å². The Bertz CT molecular complexity index is 2980. The number of nitrogens with zero attached hydrogens (tertiary/aromatic N) is 2. The van der Waals surface area contributed by atoms with Crippen LogP contribution in [0.3, 0.4) is 0 Å². The third-order valence-corrected chi connectivity index (χ3v) is 20.1. The third-order valence-electron chi connectivity index (χ3n) is 20.1. The van der Waals surface area contributed by atoms with Gasteiger partial charge in [0, 0.05) is 84.7 Å². The SMILES string of the molecule is C[C@@H]1O[C@@H](OCCNC(=O)CCCCCNC(=O)CN(CC(=O)NCCCCCNC(=O)CNCC(=O)NCCCCCC(=O)O)CC(=O)NCCCCCC(=O)NCCCCC(C(=O)NCCO[C@@H]2O[C@@H](C)[C@@H](O)[C@@H](O)[C@@H]2O)N(CC(=O)NCCO[C@@H]2O[C@@H](C)[C@@H](O)[C@@H](O)[C@@H]2O)CC(=O)NCCO[C@@H]2O[C@@H](C)[C@@H](O)[C@@H](O)[C@@H]2O)[C@@H](O)[C@H](O)[C@@H]1O. The first-order valence-electron chi connectivity index (χ1n) is 41.5. The van der Waals surface area contributed by atoms with E-state index in [0.29, 0.717) is 96.6 Å². The highest BCUT2D eigenvalue weighted by Crippen LogP contribution is 2.26. The van der Waals surface area contributed by atoms with Gasteiger partial charge in [-0.1, -0.05) is 19.3 Å². The van der Waals surface area contributed by atoms with Gasteiger partial charge in [-0.05, 0) is 105 Å². The topological polar surface area (TPSA) is 663 Å². The maximum atomic E-state index is 14.3. The highest BCUT2D eigenvalue weighted by molar-refractivity contribution is 5.87. The molecule has 21 atom stereocenters. The normalized spacial score (nSPS) is 27.0. The molecule has 45 heteroatoms. The number of hydrogen-bond donors (Lipinski definition) is 24. The number of aliphatic hydroxyl groups excluding tert-OH is 12. The first kappa shape index (κ1) is 106. The summed E-state index contributed by atoms with van der Waals surface area (Å²) in [5, 5.41) is 161. The van der Waals surface area contributed by atoms with Crippen LogP contribution in [0.5, 0.6) is 0 Å². The molecule has 120 heavy (non-hydrogen) atoms. The van der Waals surface area contributed by atoms with Gasteiger partial charge in [0.05, 0.1) is 103 Å². The molecule has 0 aromatic rings. The van der Waals surface area contributed by atoms with Crippen molar-refractivity contribution in [1.82, 2.24) is 68.3 Å². The average molecular weight is 1730 g/mol. The highest BCUT2D eigenvalue weighted by Gasteiger charge is 2.46. The number of aliphatic carboxylic acids is 1. The summed E-state index contributed by atoms with van der Waals surface area (Å²) in [5.74, 6) is -5.58. The predicted octanol–water partition coefficient (Wildman–Crippen LogP) is -9.81. The number of amides is 10. The number of ether oxygens (including phenoxy) is 8. The Balaban J connectivity index is 1.27. The van der Waals surface area contributed by atoms with Crippen LogP contribution in [0.15, 0.2) is 0 Å². The number of carboxylic acid groups (broad SMARTS) is 1. The van der Waals surface area contributed by atoms with Gasteiger partial charge in [0.25, 0.3) is 0 Å². The first-order chi connectivity index (χ1) is 57.2. The van der Waals surface area contributed by atoms with Crippen molar-refractivity contribution in [2.45, 2.75) is 272 Å². The molecule has 0 saturated carbocycles. The van der Waals surface area contributed by atoms with E-state index in [1.807, 2.05) is 0 Å². The zero-order valence-electron chi connectivity index (χ0n) is 69.2. The molecule has 0 aliphatic carbocycles. The molecule has 4 aliphatic rings. The molecule has 4 heterocycles. The molecule has 10 amide bonds. The molecule has 0 aromatic carbocycles. The van der Waals surface area contributed by atoms with Crippen LogP contribution in [0, 0.1) is 0 Å². The average Bonchev–Trinajstić information content (AvgIpc) is 0.839. The van der Waals surface area contributed by atoms with Crippen molar-refractivity contribution in [2.75, 3.05) is 138 Å². The smallest absolute Gasteiger partial charge is 0.303 e. The molecule has 4 aliphatic heterocycles. The van der Waals surface area contributed by atoms with Gasteiger partial charge in [-0.15, -0.1) is 0 Å². The lowest BCUT2D eigenvalue weighted by Gasteiger charge is -2.39. The van der Waals surface area contributed by atoms with Crippen LogP contribution < -0.4 is 58.5 Å². The predicted molar refractivity (Wildman–Crippen MR) is 419 cm³/mol. The van der Waals surface area contributed by atoms with Crippen LogP contribution in [-0.2, 0) is 90.6 Å². The summed E-state index contributed by atoms with van der Waals surface area (Å²) in [6.45, 7) is 3.74. The van der Waals surface area contributed by atoms with Crippen LogP contribution in [0.25, 0.3) is 0 Å². The lowest BCUT2D eigenvalue weighted by atomic mass is 10.0. The molecule has 45 nitrogen and oxygen atoms in total. The molecule has 4 saturated heterocycles. The Morgan fingerprint density at radius 1 is 0.292 bits per heavy atom. The van der Waals surface area contributed by atoms with Crippen molar-refractivity contribution in [1.29, 1.82) is 0 Å². The van der Waals surface area contributed by atoms with Crippen LogP contribution in [0.1, 0.15) is 143 Å². The van der Waals surface area contributed by atoms with Crippen molar-refractivity contribution in [3.05, 3.63) is 0 Å². The Morgan fingerprint density at radius 3 is 0.875 bits per heavy atom. The van der Waals surface area contributed by atoms with Crippen molar-refractivity contribution in [3.63, 3.8) is 0 Å². The van der Waals surface area contributed by atoms with Gasteiger partial charge >= 0.3 is 5.97 Å². The Hall–Kier alpha value is -6.75. The molecular weight excluding hydrogens is 1590 g/mol. The first-order valence-corrected chi connectivity index (χ1v) is 41.5.